The Labute approximate surface area is 105 Å². The van der Waals surface area contributed by atoms with E-state index in [4.69, 9.17) is 0 Å². The average molecular weight is 244 g/mol. The van der Waals surface area contributed by atoms with Crippen molar-refractivity contribution in [3.8, 4) is 0 Å². The van der Waals surface area contributed by atoms with E-state index in [-0.39, 0.29) is 0 Å². The van der Waals surface area contributed by atoms with Crippen LogP contribution in [0.5, 0.6) is 0 Å². The Morgan fingerprint density at radius 2 is 2.44 bits per heavy atom. The molecule has 1 aromatic carbocycles. The van der Waals surface area contributed by atoms with Crippen molar-refractivity contribution in [2.45, 2.75) is 19.4 Å². The summed E-state index contributed by atoms with van der Waals surface area (Å²) in [5, 5.41) is 11.8. The fraction of sp³-hybridized carbons (Fsp3) is 0.385. The zero-order valence-electron chi connectivity index (χ0n) is 10.3. The third-order valence-corrected chi connectivity index (χ3v) is 3.57. The van der Waals surface area contributed by atoms with Crippen LogP contribution in [0.3, 0.4) is 0 Å². The van der Waals surface area contributed by atoms with Gasteiger partial charge in [0.05, 0.1) is 11.7 Å². The number of anilines is 1. The molecular formula is C13H16N4O. The number of benzene rings is 1. The topological polar surface area (TPSA) is 59.0 Å². The van der Waals surface area contributed by atoms with E-state index in [0.717, 1.165) is 41.8 Å². The summed E-state index contributed by atoms with van der Waals surface area (Å²) in [4.78, 5) is 10.6. The maximum Gasteiger partial charge on any atom is 0.211 e. The first-order chi connectivity index (χ1) is 8.81. The Balaban J connectivity index is 2.13. The fourth-order valence-electron chi connectivity index (χ4n) is 2.63. The molecular weight excluding hydrogens is 228 g/mol. The fourth-order valence-corrected chi connectivity index (χ4v) is 2.63. The molecule has 18 heavy (non-hydrogen) atoms. The van der Waals surface area contributed by atoms with Gasteiger partial charge in [-0.25, -0.2) is 0 Å². The van der Waals surface area contributed by atoms with Crippen LogP contribution in [0.25, 0.3) is 10.9 Å². The molecule has 0 spiro atoms. The van der Waals surface area contributed by atoms with Crippen LogP contribution in [0.15, 0.2) is 18.2 Å². The van der Waals surface area contributed by atoms with E-state index in [0.29, 0.717) is 12.5 Å². The normalized spacial score (nSPS) is 19.3. The highest BCUT2D eigenvalue weighted by Gasteiger charge is 2.21. The van der Waals surface area contributed by atoms with Crippen molar-refractivity contribution in [1.82, 2.24) is 15.1 Å². The van der Waals surface area contributed by atoms with Gasteiger partial charge in [0.2, 0.25) is 6.41 Å². The molecule has 2 heterocycles. The Hall–Kier alpha value is -1.88. The molecule has 1 aliphatic rings. The van der Waals surface area contributed by atoms with Gasteiger partial charge in [-0.3, -0.25) is 9.48 Å². The van der Waals surface area contributed by atoms with Gasteiger partial charge in [-0.2, -0.15) is 5.10 Å². The van der Waals surface area contributed by atoms with Crippen LogP contribution < -0.4 is 10.6 Å². The molecule has 2 aromatic rings. The lowest BCUT2D eigenvalue weighted by Crippen LogP contribution is -2.15. The minimum atomic E-state index is 0.418. The molecule has 1 atom stereocenters. The highest BCUT2D eigenvalue weighted by molar-refractivity contribution is 5.95. The highest BCUT2D eigenvalue weighted by Crippen LogP contribution is 2.28. The zero-order chi connectivity index (χ0) is 12.5. The van der Waals surface area contributed by atoms with Crippen LogP contribution in [0.1, 0.15) is 18.2 Å². The van der Waals surface area contributed by atoms with E-state index in [2.05, 4.69) is 27.3 Å². The summed E-state index contributed by atoms with van der Waals surface area (Å²) < 4.78 is 2.08. The Morgan fingerprint density at radius 3 is 3.17 bits per heavy atom. The molecule has 0 bridgehead atoms. The molecule has 5 nitrogen and oxygen atoms in total. The van der Waals surface area contributed by atoms with Crippen molar-refractivity contribution in [3.05, 3.63) is 23.9 Å². The molecule has 94 valence electrons. The van der Waals surface area contributed by atoms with Gasteiger partial charge >= 0.3 is 0 Å². The van der Waals surface area contributed by atoms with Gasteiger partial charge in [-0.15, -0.1) is 0 Å². The number of carbonyl (C=O) groups is 1. The Bertz CT molecular complexity index is 584. The number of fused-ring (bicyclic) bond motifs is 1. The number of aryl methyl sites for hydroxylation is 1. The second kappa shape index (κ2) is 4.42. The van der Waals surface area contributed by atoms with E-state index in [1.165, 1.54) is 0 Å². The summed E-state index contributed by atoms with van der Waals surface area (Å²) in [6.07, 6.45) is 1.80. The standard InChI is InChI=1S/C13H16N4O/c1-9-11-3-2-4-12(15-8-18)13(11)16-17(9)10-5-6-14-7-10/h2-4,8,10,14H,5-7H2,1H3,(H,15,18). The second-order valence-corrected chi connectivity index (χ2v) is 4.64. The van der Waals surface area contributed by atoms with E-state index in [9.17, 15) is 4.79 Å². The number of nitrogens with zero attached hydrogens (tertiary/aromatic N) is 2. The van der Waals surface area contributed by atoms with Crippen molar-refractivity contribution in [3.63, 3.8) is 0 Å². The van der Waals surface area contributed by atoms with Gasteiger partial charge < -0.3 is 10.6 Å². The lowest BCUT2D eigenvalue weighted by molar-refractivity contribution is -0.105. The molecule has 1 fully saturated rings. The Kier molecular flexibility index (Phi) is 2.76. The van der Waals surface area contributed by atoms with Crippen LogP contribution in [0, 0.1) is 6.92 Å². The van der Waals surface area contributed by atoms with E-state index in [1.807, 2.05) is 18.2 Å². The predicted octanol–water partition coefficient (Wildman–Crippen LogP) is 1.45. The van der Waals surface area contributed by atoms with Crippen LogP contribution in [0.4, 0.5) is 5.69 Å². The van der Waals surface area contributed by atoms with Crippen LogP contribution in [-0.4, -0.2) is 29.3 Å². The van der Waals surface area contributed by atoms with Crippen molar-refractivity contribution in [2.75, 3.05) is 18.4 Å². The molecule has 5 heteroatoms. The molecule has 1 saturated heterocycles. The van der Waals surface area contributed by atoms with Gasteiger partial charge in [0.25, 0.3) is 0 Å². The summed E-state index contributed by atoms with van der Waals surface area (Å²) in [7, 11) is 0. The number of rotatable bonds is 3. The van der Waals surface area contributed by atoms with Gasteiger partial charge in [0.15, 0.2) is 0 Å². The molecule has 0 aliphatic carbocycles. The first kappa shape index (κ1) is 11.2. The number of carbonyl (C=O) groups excluding carboxylic acids is 1. The smallest absolute Gasteiger partial charge is 0.211 e. The molecule has 1 aliphatic heterocycles. The molecule has 1 unspecified atom stereocenters. The zero-order valence-corrected chi connectivity index (χ0v) is 10.3. The van der Waals surface area contributed by atoms with Gasteiger partial charge in [-0.1, -0.05) is 12.1 Å². The molecule has 1 aromatic heterocycles. The molecule has 0 radical (unpaired) electrons. The van der Waals surface area contributed by atoms with Crippen LogP contribution in [-0.2, 0) is 4.79 Å². The third-order valence-electron chi connectivity index (χ3n) is 3.57. The van der Waals surface area contributed by atoms with Gasteiger partial charge in [0, 0.05) is 17.6 Å². The molecule has 3 rings (SSSR count). The predicted molar refractivity (Wildman–Crippen MR) is 70.7 cm³/mol. The number of hydrogen-bond donors (Lipinski definition) is 2. The average Bonchev–Trinajstić information content (AvgIpc) is 2.99. The SMILES string of the molecule is Cc1c2cccc(NC=O)c2nn1C1CCNC1. The summed E-state index contributed by atoms with van der Waals surface area (Å²) in [5.41, 5.74) is 2.80. The minimum Gasteiger partial charge on any atom is -0.327 e. The first-order valence-corrected chi connectivity index (χ1v) is 6.20. The number of amides is 1. The monoisotopic (exact) mass is 244 g/mol. The molecule has 2 N–H and O–H groups in total. The maximum absolute atomic E-state index is 10.6. The van der Waals surface area contributed by atoms with E-state index >= 15 is 0 Å². The van der Waals surface area contributed by atoms with Crippen LogP contribution in [0.2, 0.25) is 0 Å². The van der Waals surface area contributed by atoms with Crippen molar-refractivity contribution < 1.29 is 4.79 Å². The van der Waals surface area contributed by atoms with Crippen LogP contribution >= 0.6 is 0 Å². The lowest BCUT2D eigenvalue weighted by atomic mass is 10.2. The number of aromatic nitrogens is 2. The Morgan fingerprint density at radius 1 is 1.56 bits per heavy atom. The van der Waals surface area contributed by atoms with Crippen molar-refractivity contribution in [2.24, 2.45) is 0 Å². The summed E-state index contributed by atoms with van der Waals surface area (Å²) in [5.74, 6) is 0. The summed E-state index contributed by atoms with van der Waals surface area (Å²) >= 11 is 0. The van der Waals surface area contributed by atoms with Crippen molar-refractivity contribution >= 4 is 23.0 Å². The lowest BCUT2D eigenvalue weighted by Gasteiger charge is -2.10. The largest absolute Gasteiger partial charge is 0.327 e. The van der Waals surface area contributed by atoms with Gasteiger partial charge in [0.1, 0.15) is 5.52 Å². The molecule has 1 amide bonds. The number of hydrogen-bond acceptors (Lipinski definition) is 3. The van der Waals surface area contributed by atoms with Crippen molar-refractivity contribution in [1.29, 1.82) is 0 Å². The van der Waals surface area contributed by atoms with E-state index in [1.54, 1.807) is 0 Å². The summed E-state index contributed by atoms with van der Waals surface area (Å²) in [6, 6.07) is 6.29. The first-order valence-electron chi connectivity index (χ1n) is 6.20. The summed E-state index contributed by atoms with van der Waals surface area (Å²) in [6.45, 7) is 4.09. The molecule has 0 saturated carbocycles. The second-order valence-electron chi connectivity index (χ2n) is 4.64. The number of nitrogens with one attached hydrogen (secondary N) is 2. The highest BCUT2D eigenvalue weighted by atomic mass is 16.1. The minimum absolute atomic E-state index is 0.418. The third kappa shape index (κ3) is 1.67. The maximum atomic E-state index is 10.6. The quantitative estimate of drug-likeness (QED) is 0.803. The van der Waals surface area contributed by atoms with Gasteiger partial charge in [-0.05, 0) is 26.0 Å². The van der Waals surface area contributed by atoms with E-state index < -0.39 is 0 Å².